The third-order valence-electron chi connectivity index (χ3n) is 2.66. The van der Waals surface area contributed by atoms with Crippen LogP contribution in [0, 0.1) is 12.8 Å². The van der Waals surface area contributed by atoms with Crippen LogP contribution in [-0.4, -0.2) is 11.9 Å². The van der Waals surface area contributed by atoms with Gasteiger partial charge < -0.3 is 16.8 Å². The fourth-order valence-electron chi connectivity index (χ4n) is 1.54. The second kappa shape index (κ2) is 4.88. The number of benzene rings is 1. The lowest BCUT2D eigenvalue weighted by atomic mass is 10.0. The van der Waals surface area contributed by atoms with Gasteiger partial charge in [0.25, 0.3) is 0 Å². The molecular weight excluding hydrogens is 202 g/mol. The highest BCUT2D eigenvalue weighted by molar-refractivity contribution is 5.84. The van der Waals surface area contributed by atoms with Gasteiger partial charge in [-0.1, -0.05) is 19.9 Å². The third kappa shape index (κ3) is 2.66. The summed E-state index contributed by atoms with van der Waals surface area (Å²) >= 11 is 0. The number of carbonyl (C=O) groups is 1. The van der Waals surface area contributed by atoms with E-state index in [0.29, 0.717) is 5.69 Å². The Morgan fingerprint density at radius 1 is 1.38 bits per heavy atom. The summed E-state index contributed by atoms with van der Waals surface area (Å²) in [6.07, 6.45) is 0. The number of hydrogen-bond acceptors (Lipinski definition) is 3. The Morgan fingerprint density at radius 2 is 2.00 bits per heavy atom. The SMILES string of the molecule is Cc1c(N)cccc1NC(C(N)=O)C(C)C. The number of nitrogens with two attached hydrogens (primary N) is 2. The molecule has 0 spiro atoms. The number of nitrogens with one attached hydrogen (secondary N) is 1. The molecule has 4 heteroatoms. The van der Waals surface area contributed by atoms with Crippen LogP contribution < -0.4 is 16.8 Å². The molecule has 4 nitrogen and oxygen atoms in total. The second-order valence-corrected chi connectivity index (χ2v) is 4.29. The Hall–Kier alpha value is -1.71. The van der Waals surface area contributed by atoms with Crippen LogP contribution in [0.25, 0.3) is 0 Å². The maximum atomic E-state index is 11.3. The van der Waals surface area contributed by atoms with Crippen molar-refractivity contribution < 1.29 is 4.79 Å². The van der Waals surface area contributed by atoms with Gasteiger partial charge in [0.2, 0.25) is 5.91 Å². The number of rotatable bonds is 4. The molecule has 0 radical (unpaired) electrons. The molecule has 0 aliphatic heterocycles. The Balaban J connectivity index is 2.94. The summed E-state index contributed by atoms with van der Waals surface area (Å²) < 4.78 is 0. The van der Waals surface area contributed by atoms with Crippen molar-refractivity contribution in [1.82, 2.24) is 0 Å². The monoisotopic (exact) mass is 221 g/mol. The minimum absolute atomic E-state index is 0.137. The molecule has 0 aliphatic rings. The van der Waals surface area contributed by atoms with E-state index in [1.165, 1.54) is 0 Å². The van der Waals surface area contributed by atoms with Crippen molar-refractivity contribution >= 4 is 17.3 Å². The van der Waals surface area contributed by atoms with E-state index in [0.717, 1.165) is 11.3 Å². The smallest absolute Gasteiger partial charge is 0.240 e. The molecule has 0 fully saturated rings. The highest BCUT2D eigenvalue weighted by Crippen LogP contribution is 2.22. The minimum atomic E-state index is -0.375. The van der Waals surface area contributed by atoms with Crippen LogP contribution in [-0.2, 0) is 4.79 Å². The summed E-state index contributed by atoms with van der Waals surface area (Å²) in [5.41, 5.74) is 13.6. The van der Waals surface area contributed by atoms with Crippen molar-refractivity contribution in [2.45, 2.75) is 26.8 Å². The molecule has 1 atom stereocenters. The average molecular weight is 221 g/mol. The molecular formula is C12H19N3O. The summed E-state index contributed by atoms with van der Waals surface area (Å²) in [6, 6.07) is 5.20. The predicted octanol–water partition coefficient (Wildman–Crippen LogP) is 1.50. The van der Waals surface area contributed by atoms with Gasteiger partial charge in [-0.25, -0.2) is 0 Å². The molecule has 1 aromatic rings. The molecule has 1 unspecified atom stereocenters. The zero-order valence-corrected chi connectivity index (χ0v) is 9.95. The van der Waals surface area contributed by atoms with Crippen LogP contribution in [0.3, 0.4) is 0 Å². The lowest BCUT2D eigenvalue weighted by Gasteiger charge is -2.21. The molecule has 0 aromatic heterocycles. The number of hydrogen-bond donors (Lipinski definition) is 3. The average Bonchev–Trinajstić information content (AvgIpc) is 2.19. The van der Waals surface area contributed by atoms with Crippen molar-refractivity contribution in [3.63, 3.8) is 0 Å². The molecule has 16 heavy (non-hydrogen) atoms. The van der Waals surface area contributed by atoms with Gasteiger partial charge >= 0.3 is 0 Å². The van der Waals surface area contributed by atoms with E-state index >= 15 is 0 Å². The zero-order chi connectivity index (χ0) is 12.3. The zero-order valence-electron chi connectivity index (χ0n) is 9.95. The fourth-order valence-corrected chi connectivity index (χ4v) is 1.54. The predicted molar refractivity (Wildman–Crippen MR) is 67.0 cm³/mol. The van der Waals surface area contributed by atoms with E-state index in [4.69, 9.17) is 11.5 Å². The molecule has 0 aliphatic carbocycles. The van der Waals surface area contributed by atoms with E-state index in [9.17, 15) is 4.79 Å². The summed E-state index contributed by atoms with van der Waals surface area (Å²) in [4.78, 5) is 11.3. The Bertz CT molecular complexity index is 388. The normalized spacial score (nSPS) is 12.5. The third-order valence-corrected chi connectivity index (χ3v) is 2.66. The van der Waals surface area contributed by atoms with Crippen LogP contribution >= 0.6 is 0 Å². The van der Waals surface area contributed by atoms with E-state index in [-0.39, 0.29) is 17.9 Å². The maximum absolute atomic E-state index is 11.3. The molecule has 5 N–H and O–H groups in total. The van der Waals surface area contributed by atoms with Crippen molar-refractivity contribution in [3.8, 4) is 0 Å². The lowest BCUT2D eigenvalue weighted by Crippen LogP contribution is -2.39. The molecule has 1 rings (SSSR count). The molecule has 1 aromatic carbocycles. The molecule has 0 bridgehead atoms. The van der Waals surface area contributed by atoms with Gasteiger partial charge in [0.1, 0.15) is 6.04 Å². The molecule has 0 heterocycles. The standard InChI is InChI=1S/C12H19N3O/c1-7(2)11(12(14)16)15-10-6-4-5-9(13)8(10)3/h4-7,11,15H,13H2,1-3H3,(H2,14,16). The minimum Gasteiger partial charge on any atom is -0.398 e. The van der Waals surface area contributed by atoms with Crippen molar-refractivity contribution in [2.75, 3.05) is 11.1 Å². The molecule has 0 saturated heterocycles. The van der Waals surface area contributed by atoms with Crippen molar-refractivity contribution in [1.29, 1.82) is 0 Å². The summed E-state index contributed by atoms with van der Waals surface area (Å²) in [7, 11) is 0. The van der Waals surface area contributed by atoms with E-state index < -0.39 is 0 Å². The van der Waals surface area contributed by atoms with Gasteiger partial charge in [0.15, 0.2) is 0 Å². The number of primary amides is 1. The number of carbonyl (C=O) groups excluding carboxylic acids is 1. The van der Waals surface area contributed by atoms with Crippen LogP contribution in [0.2, 0.25) is 0 Å². The second-order valence-electron chi connectivity index (χ2n) is 4.29. The first-order valence-electron chi connectivity index (χ1n) is 5.34. The Labute approximate surface area is 96.0 Å². The van der Waals surface area contributed by atoms with Crippen LogP contribution in [0.15, 0.2) is 18.2 Å². The molecule has 1 amide bonds. The highest BCUT2D eigenvalue weighted by atomic mass is 16.1. The Kier molecular flexibility index (Phi) is 3.77. The molecule has 88 valence electrons. The Morgan fingerprint density at radius 3 is 2.50 bits per heavy atom. The van der Waals surface area contributed by atoms with Crippen LogP contribution in [0.1, 0.15) is 19.4 Å². The van der Waals surface area contributed by atoms with Gasteiger partial charge in [0.05, 0.1) is 0 Å². The first-order chi connectivity index (χ1) is 7.43. The van der Waals surface area contributed by atoms with Crippen molar-refractivity contribution in [2.24, 2.45) is 11.7 Å². The summed E-state index contributed by atoms with van der Waals surface area (Å²) in [5.74, 6) is -0.213. The van der Waals surface area contributed by atoms with E-state index in [2.05, 4.69) is 5.32 Å². The van der Waals surface area contributed by atoms with Gasteiger partial charge in [0, 0.05) is 11.4 Å². The molecule has 0 saturated carbocycles. The first-order valence-corrected chi connectivity index (χ1v) is 5.34. The number of nitrogen functional groups attached to an aromatic ring is 1. The van der Waals surface area contributed by atoms with Gasteiger partial charge in [-0.2, -0.15) is 0 Å². The fraction of sp³-hybridized carbons (Fsp3) is 0.417. The quantitative estimate of drug-likeness (QED) is 0.674. The highest BCUT2D eigenvalue weighted by Gasteiger charge is 2.19. The van der Waals surface area contributed by atoms with E-state index in [1.807, 2.05) is 39.0 Å². The summed E-state index contributed by atoms with van der Waals surface area (Å²) in [5, 5.41) is 3.13. The van der Waals surface area contributed by atoms with Gasteiger partial charge in [-0.05, 0) is 30.5 Å². The largest absolute Gasteiger partial charge is 0.398 e. The van der Waals surface area contributed by atoms with Gasteiger partial charge in [-0.3, -0.25) is 4.79 Å². The van der Waals surface area contributed by atoms with Crippen LogP contribution in [0.4, 0.5) is 11.4 Å². The maximum Gasteiger partial charge on any atom is 0.240 e. The number of amides is 1. The van der Waals surface area contributed by atoms with Crippen LogP contribution in [0.5, 0.6) is 0 Å². The summed E-state index contributed by atoms with van der Waals surface area (Å²) in [6.45, 7) is 5.81. The number of anilines is 2. The first kappa shape index (κ1) is 12.4. The van der Waals surface area contributed by atoms with E-state index in [1.54, 1.807) is 0 Å². The topological polar surface area (TPSA) is 81.1 Å². The van der Waals surface area contributed by atoms with Crippen molar-refractivity contribution in [3.05, 3.63) is 23.8 Å². The van der Waals surface area contributed by atoms with Gasteiger partial charge in [-0.15, -0.1) is 0 Å². The lowest BCUT2D eigenvalue weighted by molar-refractivity contribution is -0.119.